The van der Waals surface area contributed by atoms with E-state index < -0.39 is 184 Å². The summed E-state index contributed by atoms with van der Waals surface area (Å²) in [6.45, 7) is -1.08. The molecule has 0 aliphatic heterocycles. The van der Waals surface area contributed by atoms with Crippen molar-refractivity contribution in [2.75, 3.05) is 23.9 Å². The van der Waals surface area contributed by atoms with Crippen molar-refractivity contribution in [2.24, 2.45) is 5.92 Å². The van der Waals surface area contributed by atoms with Gasteiger partial charge in [0.2, 0.25) is 15.9 Å². The molecule has 1 fully saturated rings. The first-order valence-electron chi connectivity index (χ1n) is 21.8. The van der Waals surface area contributed by atoms with E-state index in [1.54, 1.807) is 0 Å². The van der Waals surface area contributed by atoms with Gasteiger partial charge in [-0.15, -0.1) is 0 Å². The molecule has 2 aliphatic rings. The molecule has 18 nitrogen and oxygen atoms in total. The highest BCUT2D eigenvalue weighted by Crippen LogP contribution is 2.68. The first-order chi connectivity index (χ1) is 34.8. The molecule has 408 valence electrons. The summed E-state index contributed by atoms with van der Waals surface area (Å²) < 4.78 is 198. The third-order valence-electron chi connectivity index (χ3n) is 12.4. The van der Waals surface area contributed by atoms with E-state index in [2.05, 4.69) is 32.3 Å². The van der Waals surface area contributed by atoms with E-state index in [4.69, 9.17) is 11.6 Å². The van der Waals surface area contributed by atoms with Gasteiger partial charge in [-0.25, -0.2) is 40.2 Å². The van der Waals surface area contributed by atoms with E-state index >= 15 is 8.78 Å². The molecule has 0 saturated heterocycles. The molecule has 0 unspecified atom stereocenters. The summed E-state index contributed by atoms with van der Waals surface area (Å²) in [6.07, 6.45) is -11.7. The fourth-order valence-corrected chi connectivity index (χ4v) is 9.95. The van der Waals surface area contributed by atoms with Crippen LogP contribution in [0.4, 0.5) is 54.5 Å². The van der Waals surface area contributed by atoms with Gasteiger partial charge in [0.15, 0.2) is 21.3 Å². The van der Waals surface area contributed by atoms with E-state index in [-0.39, 0.29) is 36.2 Å². The van der Waals surface area contributed by atoms with Crippen molar-refractivity contribution in [3.05, 3.63) is 93.0 Å². The average molecular weight is 1140 g/mol. The number of fused-ring (bicyclic) bond motifs is 4. The highest BCUT2D eigenvalue weighted by molar-refractivity contribution is 7.93. The maximum atomic E-state index is 15.6. The zero-order chi connectivity index (χ0) is 56.7. The van der Waals surface area contributed by atoms with Gasteiger partial charge in [0.25, 0.3) is 5.92 Å². The lowest BCUT2D eigenvalue weighted by Crippen LogP contribution is -2.51. The Labute approximate surface area is 428 Å². The number of anilines is 1. The minimum atomic E-state index is -5.26. The smallest absolute Gasteiger partial charge is 0.435 e. The molecule has 0 radical (unpaired) electrons. The number of carboxylic acids is 2. The van der Waals surface area contributed by atoms with Gasteiger partial charge in [-0.05, 0) is 74.4 Å². The molecular formula is C45H39ClF10N8O10S2. The Morgan fingerprint density at radius 1 is 0.934 bits per heavy atom. The first-order valence-corrected chi connectivity index (χ1v) is 26.0. The fraction of sp³-hybridized carbons (Fsp3) is 0.400. The van der Waals surface area contributed by atoms with E-state index in [1.807, 2.05) is 0 Å². The van der Waals surface area contributed by atoms with Crippen LogP contribution in [0.15, 0.2) is 42.5 Å². The molecule has 0 bridgehead atoms. The molecule has 2 aromatic carbocycles. The molecule has 5 aromatic rings. The second-order valence-electron chi connectivity index (χ2n) is 18.4. The Kier molecular flexibility index (Phi) is 14.6. The number of likely N-dealkylation sites (N-methyl/N-ethyl adjacent to an activating group) is 1. The standard InChI is InChI=1S/C45H39ClF10N8O10S2/c1-42(2,75(4,71)72)11-10-23-6-7-24(25-8-9-28(46)34-36(25)63(19-43(49,50)51)60-39(34)64(76(5,73)74)41(70)61(3)30(40(68)69)17-32(66)67)35(57-23)29(14-20-12-21(47)15-22(48)13-20)58-31(65)18-62-38-33(37(59-62)45(54,55)56)26-16-27(26)44(38,52)53/h6-9,12-13,15,26-27,29-30H,14,16-19H2,1-5H3,(H,58,65)(H,66,67)(H,68,69)/t26-,27+,29-,30-/m0/s1. The lowest BCUT2D eigenvalue weighted by molar-refractivity contribution is -0.148. The van der Waals surface area contributed by atoms with E-state index in [0.29, 0.717) is 19.4 Å². The Balaban J connectivity index is 1.50. The number of aliphatic carboxylic acids is 2. The molecule has 3 N–H and O–H groups in total. The highest BCUT2D eigenvalue weighted by Gasteiger charge is 2.68. The molecule has 1 saturated carbocycles. The number of rotatable bonds is 15. The fourth-order valence-electron chi connectivity index (χ4n) is 8.62. The van der Waals surface area contributed by atoms with Gasteiger partial charge >= 0.3 is 30.3 Å². The second kappa shape index (κ2) is 19.5. The molecule has 0 spiro atoms. The summed E-state index contributed by atoms with van der Waals surface area (Å²) >= 11 is 6.60. The van der Waals surface area contributed by atoms with E-state index in [0.717, 1.165) is 42.7 Å². The summed E-state index contributed by atoms with van der Waals surface area (Å²) in [5.41, 5.74) is -6.64. The molecule has 3 heterocycles. The van der Waals surface area contributed by atoms with Gasteiger partial charge in [0, 0.05) is 42.0 Å². The van der Waals surface area contributed by atoms with Gasteiger partial charge in [0.05, 0.1) is 40.3 Å². The predicted octanol–water partition coefficient (Wildman–Crippen LogP) is 7.04. The number of aromatic nitrogens is 5. The van der Waals surface area contributed by atoms with Gasteiger partial charge < -0.3 is 20.4 Å². The number of benzene rings is 2. The van der Waals surface area contributed by atoms with Crippen molar-refractivity contribution in [1.29, 1.82) is 0 Å². The number of sulfonamides is 1. The highest BCUT2D eigenvalue weighted by atomic mass is 35.5. The number of alkyl halides is 8. The minimum Gasteiger partial charge on any atom is -0.481 e. The predicted molar refractivity (Wildman–Crippen MR) is 247 cm³/mol. The summed E-state index contributed by atoms with van der Waals surface area (Å²) in [6, 6.07) is 0.0266. The molecule has 4 atom stereocenters. The lowest BCUT2D eigenvalue weighted by atomic mass is 9.93. The van der Waals surface area contributed by atoms with Crippen LogP contribution >= 0.6 is 11.6 Å². The summed E-state index contributed by atoms with van der Waals surface area (Å²) in [7, 11) is -8.42. The van der Waals surface area contributed by atoms with Crippen LogP contribution in [0.25, 0.3) is 22.0 Å². The number of nitrogens with zero attached hydrogens (tertiary/aromatic N) is 7. The first kappa shape index (κ1) is 56.7. The van der Waals surface area contributed by atoms with Gasteiger partial charge in [0.1, 0.15) is 46.9 Å². The molecule has 31 heteroatoms. The third-order valence-corrected chi connectivity index (χ3v) is 15.7. The number of hydrogen-bond acceptors (Lipinski definition) is 11. The van der Waals surface area contributed by atoms with Crippen LogP contribution in [0.5, 0.6) is 0 Å². The molecule has 3 amide bonds. The van der Waals surface area contributed by atoms with E-state index in [1.165, 1.54) is 13.8 Å². The van der Waals surface area contributed by atoms with Crippen molar-refractivity contribution >= 4 is 72.1 Å². The van der Waals surface area contributed by atoms with Crippen LogP contribution in [0.1, 0.15) is 72.6 Å². The molecule has 3 aromatic heterocycles. The van der Waals surface area contributed by atoms with Crippen molar-refractivity contribution in [3.63, 3.8) is 0 Å². The number of amides is 3. The number of urea groups is 1. The number of nitrogens with one attached hydrogen (secondary N) is 1. The van der Waals surface area contributed by atoms with Crippen LogP contribution in [0, 0.1) is 29.4 Å². The zero-order valence-corrected chi connectivity index (χ0v) is 42.0. The summed E-state index contributed by atoms with van der Waals surface area (Å²) in [5, 5.41) is 27.3. The maximum absolute atomic E-state index is 15.6. The molecule has 2 aliphatic carbocycles. The summed E-state index contributed by atoms with van der Waals surface area (Å²) in [4.78, 5) is 56.6. The van der Waals surface area contributed by atoms with Gasteiger partial charge in [-0.2, -0.15) is 49.6 Å². The molecule has 76 heavy (non-hydrogen) atoms. The monoisotopic (exact) mass is 1140 g/mol. The molecule has 7 rings (SSSR count). The average Bonchev–Trinajstić information content (AvgIpc) is 3.78. The van der Waals surface area contributed by atoms with Crippen LogP contribution < -0.4 is 9.62 Å². The number of carboxylic acid groups (broad SMARTS) is 2. The quantitative estimate of drug-likeness (QED) is 0.0705. The van der Waals surface area contributed by atoms with Crippen LogP contribution in [0.2, 0.25) is 5.02 Å². The van der Waals surface area contributed by atoms with Crippen molar-refractivity contribution in [2.45, 2.75) is 87.2 Å². The number of halogens is 11. The van der Waals surface area contributed by atoms with Crippen molar-refractivity contribution < 1.29 is 90.1 Å². The Bertz CT molecular complexity index is 3540. The van der Waals surface area contributed by atoms with Gasteiger partial charge in [-0.1, -0.05) is 23.6 Å². The Morgan fingerprint density at radius 3 is 2.11 bits per heavy atom. The van der Waals surface area contributed by atoms with Crippen LogP contribution in [0.3, 0.4) is 0 Å². The lowest BCUT2D eigenvalue weighted by Gasteiger charge is -2.28. The van der Waals surface area contributed by atoms with Crippen molar-refractivity contribution in [3.8, 4) is 23.0 Å². The molecular weight excluding hydrogens is 1100 g/mol. The minimum absolute atomic E-state index is 0.117. The van der Waals surface area contributed by atoms with Crippen molar-refractivity contribution in [1.82, 2.24) is 34.8 Å². The van der Waals surface area contributed by atoms with E-state index in [9.17, 15) is 81.4 Å². The van der Waals surface area contributed by atoms with Crippen LogP contribution in [-0.2, 0) is 65.9 Å². The Morgan fingerprint density at radius 2 is 1.55 bits per heavy atom. The third kappa shape index (κ3) is 11.3. The summed E-state index contributed by atoms with van der Waals surface area (Å²) in [5.74, 6) is -10.4. The maximum Gasteiger partial charge on any atom is 0.435 e. The Hall–Kier alpha value is -7.00. The number of hydrogen-bond donors (Lipinski definition) is 3. The number of sulfone groups is 1. The topological polar surface area (TPSA) is 244 Å². The van der Waals surface area contributed by atoms with Gasteiger partial charge in [-0.3, -0.25) is 19.0 Å². The van der Waals surface area contributed by atoms with Crippen LogP contribution in [-0.4, -0.2) is 117 Å². The SMILES string of the molecule is CN(C(=O)N(c1nn(CC(F)(F)F)c2c(-c3ccc(C#CC(C)(C)S(C)(=O)=O)nc3[C@H](Cc3cc(F)cc(F)c3)NC(=O)Cn3nc(C(F)(F)F)c4c3C(F)(F)[C@@H]3C[C@H]43)ccc(Cl)c12)S(C)(=O)=O)[C@@H](CC(=O)O)C(=O)O. The number of pyridine rings is 1. The normalized spacial score (nSPS) is 17.0. The zero-order valence-electron chi connectivity index (χ0n) is 39.7. The largest absolute Gasteiger partial charge is 0.481 e. The second-order valence-corrected chi connectivity index (χ2v) is 23.2. The number of carbonyl (C=O) groups is 4. The number of carbonyl (C=O) groups excluding carboxylic acids is 2.